The summed E-state index contributed by atoms with van der Waals surface area (Å²) in [5.41, 5.74) is 1.62. The van der Waals surface area contributed by atoms with Crippen molar-refractivity contribution in [3.05, 3.63) is 35.4 Å². The number of ether oxygens (including phenoxy) is 1. The van der Waals surface area contributed by atoms with Gasteiger partial charge in [-0.05, 0) is 17.5 Å². The number of esters is 1. The molecule has 0 aliphatic heterocycles. The van der Waals surface area contributed by atoms with E-state index in [0.29, 0.717) is 6.54 Å². The molecule has 138 valence electrons. The van der Waals surface area contributed by atoms with Crippen LogP contribution in [-0.2, 0) is 27.5 Å². The van der Waals surface area contributed by atoms with E-state index in [0.717, 1.165) is 17.5 Å². The molecule has 1 aromatic carbocycles. The zero-order valence-corrected chi connectivity index (χ0v) is 16.7. The molecule has 24 heavy (non-hydrogen) atoms. The molecule has 0 aromatic heterocycles. The molecule has 0 fully saturated rings. The molecule has 1 amide bonds. The van der Waals surface area contributed by atoms with E-state index in [9.17, 15) is 9.59 Å². The summed E-state index contributed by atoms with van der Waals surface area (Å²) in [7, 11) is 0. The van der Waals surface area contributed by atoms with E-state index in [1.807, 2.05) is 72.7 Å². The number of nitrogens with one attached hydrogen (secondary N) is 1. The smallest absolute Gasteiger partial charge is 0.302 e. The number of amides is 1. The minimum absolute atomic E-state index is 0.0592. The SMILES string of the molecule is CC.CC.CCC(C)(C)C(=O)NCc1ccc(COC(C)=O)cc1. The molecule has 1 rings (SSSR count). The topological polar surface area (TPSA) is 55.4 Å². The van der Waals surface area contributed by atoms with Crippen LogP contribution in [0.4, 0.5) is 0 Å². The Morgan fingerprint density at radius 1 is 1.00 bits per heavy atom. The number of hydrogen-bond acceptors (Lipinski definition) is 3. The molecule has 4 heteroatoms. The first-order chi connectivity index (χ1) is 11.3. The highest BCUT2D eigenvalue weighted by Crippen LogP contribution is 2.19. The number of carbonyl (C=O) groups excluding carboxylic acids is 2. The van der Waals surface area contributed by atoms with Crippen LogP contribution in [0.1, 0.15) is 72.9 Å². The van der Waals surface area contributed by atoms with Crippen LogP contribution in [0.5, 0.6) is 0 Å². The molecule has 0 aliphatic rings. The highest BCUT2D eigenvalue weighted by Gasteiger charge is 2.24. The first-order valence-corrected chi connectivity index (χ1v) is 8.84. The van der Waals surface area contributed by atoms with Crippen LogP contribution in [0.3, 0.4) is 0 Å². The third-order valence-corrected chi connectivity index (χ3v) is 3.42. The molecule has 4 nitrogen and oxygen atoms in total. The van der Waals surface area contributed by atoms with Gasteiger partial charge in [0.25, 0.3) is 0 Å². The summed E-state index contributed by atoms with van der Waals surface area (Å²) in [5, 5.41) is 2.94. The van der Waals surface area contributed by atoms with Crippen molar-refractivity contribution < 1.29 is 14.3 Å². The Bertz CT molecular complexity index is 464. The van der Waals surface area contributed by atoms with Crippen molar-refractivity contribution in [3.8, 4) is 0 Å². The summed E-state index contributed by atoms with van der Waals surface area (Å²) >= 11 is 0. The number of benzene rings is 1. The van der Waals surface area contributed by atoms with E-state index in [1.165, 1.54) is 6.92 Å². The van der Waals surface area contributed by atoms with Crippen LogP contribution < -0.4 is 5.32 Å². The fourth-order valence-electron chi connectivity index (χ4n) is 1.52. The minimum atomic E-state index is -0.338. The first kappa shape index (κ1) is 24.4. The predicted octanol–water partition coefficient (Wildman–Crippen LogP) is 4.85. The van der Waals surface area contributed by atoms with E-state index in [1.54, 1.807) is 0 Å². The van der Waals surface area contributed by atoms with Crippen molar-refractivity contribution in [2.45, 2.75) is 75.0 Å². The summed E-state index contributed by atoms with van der Waals surface area (Å²) in [6.45, 7) is 16.1. The highest BCUT2D eigenvalue weighted by atomic mass is 16.5. The lowest BCUT2D eigenvalue weighted by Crippen LogP contribution is -2.35. The summed E-state index contributed by atoms with van der Waals surface area (Å²) in [6.07, 6.45) is 0.806. The molecule has 0 radical (unpaired) electrons. The van der Waals surface area contributed by atoms with Gasteiger partial charge in [0.05, 0.1) is 0 Å². The van der Waals surface area contributed by atoms with Crippen LogP contribution in [0.25, 0.3) is 0 Å². The van der Waals surface area contributed by atoms with Gasteiger partial charge in [0.1, 0.15) is 6.61 Å². The van der Waals surface area contributed by atoms with E-state index in [2.05, 4.69) is 5.32 Å². The normalized spacial score (nSPS) is 9.67. The molecule has 0 unspecified atom stereocenters. The molecule has 0 bridgehead atoms. The van der Waals surface area contributed by atoms with Crippen molar-refractivity contribution in [2.24, 2.45) is 5.41 Å². The second-order valence-corrected chi connectivity index (χ2v) is 5.52. The Labute approximate surface area is 148 Å². The molecular weight excluding hydrogens is 302 g/mol. The van der Waals surface area contributed by atoms with Crippen molar-refractivity contribution in [1.29, 1.82) is 0 Å². The van der Waals surface area contributed by atoms with E-state index in [4.69, 9.17) is 4.74 Å². The van der Waals surface area contributed by atoms with Gasteiger partial charge in [-0.3, -0.25) is 9.59 Å². The van der Waals surface area contributed by atoms with Gasteiger partial charge < -0.3 is 10.1 Å². The summed E-state index contributed by atoms with van der Waals surface area (Å²) in [5.74, 6) is -0.230. The Balaban J connectivity index is 0. The third kappa shape index (κ3) is 10.0. The largest absolute Gasteiger partial charge is 0.461 e. The van der Waals surface area contributed by atoms with Gasteiger partial charge in [-0.25, -0.2) is 0 Å². The molecule has 0 heterocycles. The van der Waals surface area contributed by atoms with Gasteiger partial charge in [-0.15, -0.1) is 0 Å². The average molecular weight is 338 g/mol. The van der Waals surface area contributed by atoms with Gasteiger partial charge in [-0.2, -0.15) is 0 Å². The molecule has 0 atom stereocenters. The summed E-state index contributed by atoms with van der Waals surface area (Å²) in [6, 6.07) is 7.65. The molecule has 1 N–H and O–H groups in total. The monoisotopic (exact) mass is 337 g/mol. The molecule has 1 aromatic rings. The zero-order valence-electron chi connectivity index (χ0n) is 16.7. The van der Waals surface area contributed by atoms with E-state index >= 15 is 0 Å². The molecule has 0 spiro atoms. The Morgan fingerprint density at radius 3 is 1.88 bits per heavy atom. The van der Waals surface area contributed by atoms with Gasteiger partial charge in [-0.1, -0.05) is 72.7 Å². The Morgan fingerprint density at radius 2 is 1.46 bits per heavy atom. The fourth-order valence-corrected chi connectivity index (χ4v) is 1.52. The van der Waals surface area contributed by atoms with Gasteiger partial charge in [0.2, 0.25) is 5.91 Å². The highest BCUT2D eigenvalue weighted by molar-refractivity contribution is 5.81. The van der Waals surface area contributed by atoms with Crippen molar-refractivity contribution in [1.82, 2.24) is 5.32 Å². The lowest BCUT2D eigenvalue weighted by Gasteiger charge is -2.21. The van der Waals surface area contributed by atoms with Crippen LogP contribution >= 0.6 is 0 Å². The van der Waals surface area contributed by atoms with Crippen molar-refractivity contribution in [3.63, 3.8) is 0 Å². The standard InChI is InChI=1S/C16H23NO3.2C2H6/c1-5-16(3,4)15(19)17-10-13-6-8-14(9-7-13)11-20-12(2)18;2*1-2/h6-9H,5,10-11H2,1-4H3,(H,17,19);2*1-2H3. The van der Waals surface area contributed by atoms with E-state index in [-0.39, 0.29) is 23.9 Å². The number of hydrogen-bond donors (Lipinski definition) is 1. The van der Waals surface area contributed by atoms with Gasteiger partial charge in [0.15, 0.2) is 0 Å². The second-order valence-electron chi connectivity index (χ2n) is 5.52. The maximum atomic E-state index is 11.9. The molecule has 0 aliphatic carbocycles. The molecule has 0 saturated carbocycles. The van der Waals surface area contributed by atoms with Gasteiger partial charge in [0, 0.05) is 18.9 Å². The van der Waals surface area contributed by atoms with Crippen LogP contribution in [0.2, 0.25) is 0 Å². The van der Waals surface area contributed by atoms with Crippen molar-refractivity contribution in [2.75, 3.05) is 0 Å². The summed E-state index contributed by atoms with van der Waals surface area (Å²) in [4.78, 5) is 22.7. The van der Waals surface area contributed by atoms with Crippen LogP contribution in [-0.4, -0.2) is 11.9 Å². The quantitative estimate of drug-likeness (QED) is 0.755. The Kier molecular flexibility index (Phi) is 13.8. The second kappa shape index (κ2) is 13.6. The summed E-state index contributed by atoms with van der Waals surface area (Å²) < 4.78 is 4.92. The maximum absolute atomic E-state index is 11.9. The molecular formula is C20H35NO3. The fraction of sp³-hybridized carbons (Fsp3) is 0.600. The lowest BCUT2D eigenvalue weighted by atomic mass is 9.89. The number of carbonyl (C=O) groups is 2. The molecule has 0 saturated heterocycles. The van der Waals surface area contributed by atoms with Crippen LogP contribution in [0, 0.1) is 5.41 Å². The lowest BCUT2D eigenvalue weighted by molar-refractivity contribution is -0.142. The predicted molar refractivity (Wildman–Crippen MR) is 101 cm³/mol. The third-order valence-electron chi connectivity index (χ3n) is 3.42. The average Bonchev–Trinajstić information content (AvgIpc) is 2.62. The van der Waals surface area contributed by atoms with Crippen LogP contribution in [0.15, 0.2) is 24.3 Å². The van der Waals surface area contributed by atoms with Crippen molar-refractivity contribution >= 4 is 11.9 Å². The zero-order chi connectivity index (χ0) is 19.2. The van der Waals surface area contributed by atoms with Gasteiger partial charge >= 0.3 is 5.97 Å². The Hall–Kier alpha value is -1.84. The van der Waals surface area contributed by atoms with E-state index < -0.39 is 0 Å². The maximum Gasteiger partial charge on any atom is 0.302 e. The first-order valence-electron chi connectivity index (χ1n) is 8.84. The number of rotatable bonds is 6. The minimum Gasteiger partial charge on any atom is -0.461 e.